The molecule has 0 aromatic heterocycles. The molecule has 1 saturated heterocycles. The minimum Gasteiger partial charge on any atom is -0.481 e. The second-order valence-electron chi connectivity index (χ2n) is 5.83. The smallest absolute Gasteiger partial charge is 0.303 e. The van der Waals surface area contributed by atoms with Crippen molar-refractivity contribution in [3.63, 3.8) is 0 Å². The van der Waals surface area contributed by atoms with Crippen LogP contribution in [0.1, 0.15) is 58.3 Å². The molecule has 23 heavy (non-hydrogen) atoms. The molecule has 0 aromatic carbocycles. The van der Waals surface area contributed by atoms with Crippen LogP contribution >= 0.6 is 0 Å². The molecule has 0 aliphatic carbocycles. The van der Waals surface area contributed by atoms with E-state index in [-0.39, 0.29) is 12.5 Å². The lowest BCUT2D eigenvalue weighted by atomic mass is 10.1. The highest BCUT2D eigenvalue weighted by molar-refractivity contribution is 5.66. The van der Waals surface area contributed by atoms with Gasteiger partial charge in [0.25, 0.3) is 0 Å². The summed E-state index contributed by atoms with van der Waals surface area (Å²) in [6, 6.07) is 0. The summed E-state index contributed by atoms with van der Waals surface area (Å²) in [5, 5.41) is 8.50. The lowest BCUT2D eigenvalue weighted by Crippen LogP contribution is -1.92. The van der Waals surface area contributed by atoms with E-state index in [4.69, 9.17) is 9.84 Å². The number of unbranched alkanes of at least 4 members (excludes halogenated alkanes) is 4. The molecule has 1 N–H and O–H groups in total. The first kappa shape index (κ1) is 19.4. The Bertz CT molecular complexity index is 432. The zero-order chi connectivity index (χ0) is 16.8. The summed E-state index contributed by atoms with van der Waals surface area (Å²) in [5.41, 5.74) is 0. The Morgan fingerprint density at radius 3 is 2.57 bits per heavy atom. The number of allylic oxidation sites excluding steroid dienone is 6. The number of ether oxygens (including phenoxy) is 1. The molecule has 1 aliphatic heterocycles. The van der Waals surface area contributed by atoms with Crippen molar-refractivity contribution >= 4 is 5.97 Å². The number of hydrogen-bond acceptors (Lipinski definition) is 2. The molecule has 0 amide bonds. The summed E-state index contributed by atoms with van der Waals surface area (Å²) >= 11 is 0. The van der Waals surface area contributed by atoms with Crippen molar-refractivity contribution in [3.8, 4) is 0 Å². The van der Waals surface area contributed by atoms with Gasteiger partial charge in [0.05, 0.1) is 6.10 Å². The summed E-state index contributed by atoms with van der Waals surface area (Å²) in [6.45, 7) is 2.22. The summed E-state index contributed by atoms with van der Waals surface area (Å²) in [6.07, 6.45) is 24.9. The summed E-state index contributed by atoms with van der Waals surface area (Å²) in [4.78, 5) is 10.3. The summed E-state index contributed by atoms with van der Waals surface area (Å²) < 4.78 is 5.58. The van der Waals surface area contributed by atoms with Crippen LogP contribution in [0.15, 0.2) is 48.6 Å². The molecule has 1 rings (SSSR count). The fourth-order valence-corrected chi connectivity index (χ4v) is 2.22. The SMILES string of the molecule is CCCCC/C=C\C[C@H]1O[C@@H]1/C=C/C=C/C=C\CCCC(=O)O. The number of carboxylic acids is 1. The van der Waals surface area contributed by atoms with Crippen molar-refractivity contribution in [3.05, 3.63) is 48.6 Å². The van der Waals surface area contributed by atoms with Crippen molar-refractivity contribution in [2.24, 2.45) is 0 Å². The topological polar surface area (TPSA) is 49.8 Å². The number of rotatable bonds is 13. The molecule has 1 aliphatic rings. The van der Waals surface area contributed by atoms with E-state index in [0.29, 0.717) is 12.5 Å². The van der Waals surface area contributed by atoms with Gasteiger partial charge < -0.3 is 9.84 Å². The zero-order valence-corrected chi connectivity index (χ0v) is 14.2. The first-order valence-electron chi connectivity index (χ1n) is 8.76. The molecule has 2 atom stereocenters. The Hall–Kier alpha value is -1.61. The molecular formula is C20H30O3. The van der Waals surface area contributed by atoms with Gasteiger partial charge in [0.1, 0.15) is 6.10 Å². The number of hydrogen-bond donors (Lipinski definition) is 1. The van der Waals surface area contributed by atoms with Gasteiger partial charge in [-0.1, -0.05) is 68.4 Å². The Morgan fingerprint density at radius 1 is 1.00 bits per heavy atom. The maximum atomic E-state index is 10.3. The van der Waals surface area contributed by atoms with Gasteiger partial charge in [0.2, 0.25) is 0 Å². The fourth-order valence-electron chi connectivity index (χ4n) is 2.22. The van der Waals surface area contributed by atoms with Crippen LogP contribution in [0.2, 0.25) is 0 Å². The zero-order valence-electron chi connectivity index (χ0n) is 14.2. The minimum atomic E-state index is -0.730. The second-order valence-corrected chi connectivity index (χ2v) is 5.83. The lowest BCUT2D eigenvalue weighted by Gasteiger charge is -1.91. The highest BCUT2D eigenvalue weighted by Crippen LogP contribution is 2.26. The molecule has 3 heteroatoms. The van der Waals surface area contributed by atoms with Crippen LogP contribution < -0.4 is 0 Å². The molecule has 0 bridgehead atoms. The standard InChI is InChI=1S/C20H30O3/c1-2-3-4-5-9-12-15-18-19(23-18)16-13-10-7-6-8-11-14-17-20(21)22/h6-10,12-13,16,18-19H,2-5,11,14-15,17H2,1H3,(H,21,22)/b8-6-,10-7+,12-9-,16-13+/t18-,19-/m1/s1. The van der Waals surface area contributed by atoms with E-state index in [1.165, 1.54) is 25.7 Å². The maximum absolute atomic E-state index is 10.3. The molecule has 1 heterocycles. The second kappa shape index (κ2) is 12.9. The van der Waals surface area contributed by atoms with Gasteiger partial charge in [-0.3, -0.25) is 4.79 Å². The third kappa shape index (κ3) is 11.6. The van der Waals surface area contributed by atoms with E-state index in [0.717, 1.165) is 12.8 Å². The van der Waals surface area contributed by atoms with Crippen LogP contribution in [0.5, 0.6) is 0 Å². The van der Waals surface area contributed by atoms with Gasteiger partial charge in [-0.2, -0.15) is 0 Å². The number of epoxide rings is 1. The normalized spacial score (nSPS) is 21.3. The Morgan fingerprint density at radius 2 is 1.78 bits per heavy atom. The molecule has 3 nitrogen and oxygen atoms in total. The predicted octanol–water partition coefficient (Wildman–Crippen LogP) is 5.20. The Labute approximate surface area is 140 Å². The van der Waals surface area contributed by atoms with E-state index < -0.39 is 5.97 Å². The van der Waals surface area contributed by atoms with Gasteiger partial charge in [-0.25, -0.2) is 0 Å². The first-order valence-corrected chi connectivity index (χ1v) is 8.76. The first-order chi connectivity index (χ1) is 11.2. The predicted molar refractivity (Wildman–Crippen MR) is 95.5 cm³/mol. The van der Waals surface area contributed by atoms with Crippen LogP contribution in [0.4, 0.5) is 0 Å². The van der Waals surface area contributed by atoms with E-state index in [9.17, 15) is 4.79 Å². The Kier molecular flexibility index (Phi) is 10.9. The van der Waals surface area contributed by atoms with Crippen LogP contribution in [0, 0.1) is 0 Å². The van der Waals surface area contributed by atoms with Gasteiger partial charge in [-0.15, -0.1) is 0 Å². The monoisotopic (exact) mass is 318 g/mol. The minimum absolute atomic E-state index is 0.238. The van der Waals surface area contributed by atoms with Crippen LogP contribution in [-0.2, 0) is 9.53 Å². The van der Waals surface area contributed by atoms with Crippen LogP contribution in [0.3, 0.4) is 0 Å². The molecule has 0 saturated carbocycles. The molecular weight excluding hydrogens is 288 g/mol. The Balaban J connectivity index is 2.01. The number of carboxylic acid groups (broad SMARTS) is 1. The van der Waals surface area contributed by atoms with Crippen molar-refractivity contribution in [2.75, 3.05) is 0 Å². The van der Waals surface area contributed by atoms with Gasteiger partial charge >= 0.3 is 5.97 Å². The largest absolute Gasteiger partial charge is 0.481 e. The highest BCUT2D eigenvalue weighted by atomic mass is 16.6. The molecule has 0 aromatic rings. The fraction of sp³-hybridized carbons (Fsp3) is 0.550. The van der Waals surface area contributed by atoms with E-state index in [1.807, 2.05) is 30.4 Å². The van der Waals surface area contributed by atoms with Gasteiger partial charge in [0, 0.05) is 6.42 Å². The number of aliphatic carboxylic acids is 1. The summed E-state index contributed by atoms with van der Waals surface area (Å²) in [7, 11) is 0. The van der Waals surface area contributed by atoms with Crippen LogP contribution in [-0.4, -0.2) is 23.3 Å². The summed E-state index contributed by atoms with van der Waals surface area (Å²) in [5.74, 6) is -0.730. The lowest BCUT2D eigenvalue weighted by molar-refractivity contribution is -0.137. The molecule has 0 radical (unpaired) electrons. The van der Waals surface area contributed by atoms with Crippen molar-refractivity contribution in [1.29, 1.82) is 0 Å². The molecule has 0 spiro atoms. The van der Waals surface area contributed by atoms with Crippen molar-refractivity contribution < 1.29 is 14.6 Å². The average Bonchev–Trinajstić information content (AvgIpc) is 3.27. The van der Waals surface area contributed by atoms with E-state index >= 15 is 0 Å². The van der Waals surface area contributed by atoms with Crippen molar-refractivity contribution in [2.45, 2.75) is 70.5 Å². The molecule has 0 unspecified atom stereocenters. The number of carbonyl (C=O) groups is 1. The van der Waals surface area contributed by atoms with E-state index in [1.54, 1.807) is 0 Å². The third-order valence-corrected chi connectivity index (χ3v) is 3.66. The van der Waals surface area contributed by atoms with Crippen LogP contribution in [0.25, 0.3) is 0 Å². The van der Waals surface area contributed by atoms with Gasteiger partial charge in [0.15, 0.2) is 0 Å². The third-order valence-electron chi connectivity index (χ3n) is 3.66. The highest BCUT2D eigenvalue weighted by Gasteiger charge is 2.34. The maximum Gasteiger partial charge on any atom is 0.303 e. The van der Waals surface area contributed by atoms with Gasteiger partial charge in [-0.05, 0) is 32.1 Å². The molecule has 128 valence electrons. The van der Waals surface area contributed by atoms with Crippen molar-refractivity contribution in [1.82, 2.24) is 0 Å². The molecule has 1 fully saturated rings. The quantitative estimate of drug-likeness (QED) is 0.220. The van der Waals surface area contributed by atoms with E-state index in [2.05, 4.69) is 25.2 Å². The average molecular weight is 318 g/mol.